The van der Waals surface area contributed by atoms with Crippen molar-refractivity contribution in [2.24, 2.45) is 0 Å². The molecule has 2 N–H and O–H groups in total. The van der Waals surface area contributed by atoms with Crippen molar-refractivity contribution < 1.29 is 18.3 Å². The van der Waals surface area contributed by atoms with Gasteiger partial charge in [0.1, 0.15) is 0 Å². The summed E-state index contributed by atoms with van der Waals surface area (Å²) >= 11 is 3.27. The van der Waals surface area contributed by atoms with Crippen molar-refractivity contribution in [2.45, 2.75) is 11.8 Å². The summed E-state index contributed by atoms with van der Waals surface area (Å²) in [7, 11) is -3.85. The number of carboxylic acid groups (broad SMARTS) is 1. The van der Waals surface area contributed by atoms with Crippen molar-refractivity contribution in [3.63, 3.8) is 0 Å². The molecule has 110 valence electrons. The van der Waals surface area contributed by atoms with Gasteiger partial charge in [0, 0.05) is 4.47 Å². The van der Waals surface area contributed by atoms with Gasteiger partial charge in [0.2, 0.25) is 0 Å². The van der Waals surface area contributed by atoms with E-state index in [1.807, 2.05) is 13.0 Å². The molecule has 0 spiro atoms. The van der Waals surface area contributed by atoms with Gasteiger partial charge >= 0.3 is 5.97 Å². The molecule has 21 heavy (non-hydrogen) atoms. The number of aryl methyl sites for hydroxylation is 1. The average molecular weight is 370 g/mol. The molecule has 0 atom stereocenters. The first-order valence-electron chi connectivity index (χ1n) is 5.92. The van der Waals surface area contributed by atoms with Crippen LogP contribution in [0.4, 0.5) is 5.69 Å². The summed E-state index contributed by atoms with van der Waals surface area (Å²) < 4.78 is 27.7. The molecule has 2 aromatic carbocycles. The van der Waals surface area contributed by atoms with E-state index in [1.165, 1.54) is 18.2 Å². The fourth-order valence-electron chi connectivity index (χ4n) is 1.72. The number of hydrogen-bond acceptors (Lipinski definition) is 3. The van der Waals surface area contributed by atoms with E-state index >= 15 is 0 Å². The molecule has 0 heterocycles. The molecule has 0 bridgehead atoms. The monoisotopic (exact) mass is 369 g/mol. The van der Waals surface area contributed by atoms with Gasteiger partial charge in [-0.2, -0.15) is 0 Å². The van der Waals surface area contributed by atoms with Crippen molar-refractivity contribution in [3.8, 4) is 0 Å². The molecule has 0 saturated heterocycles. The molecule has 2 aromatic rings. The highest BCUT2D eigenvalue weighted by Gasteiger charge is 2.17. The smallest absolute Gasteiger partial charge is 0.335 e. The number of benzene rings is 2. The Hall–Kier alpha value is -1.86. The number of anilines is 1. The normalized spacial score (nSPS) is 11.1. The summed E-state index contributed by atoms with van der Waals surface area (Å²) in [5.74, 6) is -1.18. The lowest BCUT2D eigenvalue weighted by atomic mass is 10.2. The topological polar surface area (TPSA) is 83.5 Å². The third kappa shape index (κ3) is 3.62. The first-order valence-corrected chi connectivity index (χ1v) is 8.19. The molecule has 0 unspecified atom stereocenters. The van der Waals surface area contributed by atoms with Crippen LogP contribution in [0, 0.1) is 6.92 Å². The molecule has 0 fully saturated rings. The molecule has 0 aromatic heterocycles. The Morgan fingerprint density at radius 2 is 1.90 bits per heavy atom. The lowest BCUT2D eigenvalue weighted by Crippen LogP contribution is -2.14. The molecule has 0 amide bonds. The minimum Gasteiger partial charge on any atom is -0.478 e. The second-order valence-electron chi connectivity index (χ2n) is 4.42. The largest absolute Gasteiger partial charge is 0.478 e. The first-order chi connectivity index (χ1) is 9.79. The van der Waals surface area contributed by atoms with Gasteiger partial charge in [-0.3, -0.25) is 4.72 Å². The van der Waals surface area contributed by atoms with Crippen molar-refractivity contribution in [2.75, 3.05) is 4.72 Å². The van der Waals surface area contributed by atoms with E-state index in [-0.39, 0.29) is 10.5 Å². The lowest BCUT2D eigenvalue weighted by Gasteiger charge is -2.11. The van der Waals surface area contributed by atoms with Crippen LogP contribution in [-0.2, 0) is 10.0 Å². The maximum absolute atomic E-state index is 12.3. The molecule has 0 saturated carbocycles. The third-order valence-corrected chi connectivity index (χ3v) is 4.81. The second kappa shape index (κ2) is 5.87. The first kappa shape index (κ1) is 15.5. The summed E-state index contributed by atoms with van der Waals surface area (Å²) in [5.41, 5.74) is 1.21. The highest BCUT2D eigenvalue weighted by molar-refractivity contribution is 9.10. The number of hydrogen-bond donors (Lipinski definition) is 2. The van der Waals surface area contributed by atoms with Crippen LogP contribution in [0.2, 0.25) is 0 Å². The van der Waals surface area contributed by atoms with Crippen LogP contribution in [0.15, 0.2) is 51.8 Å². The number of halogens is 1. The number of carbonyl (C=O) groups is 1. The number of nitrogens with one attached hydrogen (secondary N) is 1. The molecule has 0 radical (unpaired) electrons. The molecule has 0 aliphatic carbocycles. The zero-order chi connectivity index (χ0) is 15.6. The van der Waals surface area contributed by atoms with E-state index < -0.39 is 16.0 Å². The fraction of sp³-hybridized carbons (Fsp3) is 0.0714. The van der Waals surface area contributed by atoms with E-state index in [4.69, 9.17) is 5.11 Å². The number of aromatic carboxylic acids is 1. The van der Waals surface area contributed by atoms with Crippen LogP contribution in [0.3, 0.4) is 0 Å². The zero-order valence-electron chi connectivity index (χ0n) is 11.0. The number of sulfonamides is 1. The SMILES string of the molecule is Cc1ccc(Br)c(NS(=O)(=O)c2cccc(C(=O)O)c2)c1. The average Bonchev–Trinajstić information content (AvgIpc) is 2.43. The number of carboxylic acids is 1. The Morgan fingerprint density at radius 3 is 2.57 bits per heavy atom. The standard InChI is InChI=1S/C14H12BrNO4S/c1-9-5-6-12(15)13(7-9)16-21(19,20)11-4-2-3-10(8-11)14(17)18/h2-8,16H,1H3,(H,17,18). The lowest BCUT2D eigenvalue weighted by molar-refractivity contribution is 0.0696. The molecule has 0 aliphatic rings. The Labute approximate surface area is 130 Å². The van der Waals surface area contributed by atoms with Crippen molar-refractivity contribution in [3.05, 3.63) is 58.1 Å². The highest BCUT2D eigenvalue weighted by Crippen LogP contribution is 2.26. The predicted molar refractivity (Wildman–Crippen MR) is 83.1 cm³/mol. The molecule has 5 nitrogen and oxygen atoms in total. The van der Waals surface area contributed by atoms with Gasteiger partial charge in [-0.25, -0.2) is 13.2 Å². The summed E-state index contributed by atoms with van der Waals surface area (Å²) in [6, 6.07) is 10.5. The quantitative estimate of drug-likeness (QED) is 0.866. The van der Waals surface area contributed by atoms with Gasteiger partial charge in [0.15, 0.2) is 0 Å². The summed E-state index contributed by atoms with van der Waals surface area (Å²) in [5, 5.41) is 8.92. The molecular formula is C14H12BrNO4S. The van der Waals surface area contributed by atoms with Crippen molar-refractivity contribution in [1.29, 1.82) is 0 Å². The maximum atomic E-state index is 12.3. The fourth-order valence-corrected chi connectivity index (χ4v) is 3.31. The van der Waals surface area contributed by atoms with E-state index in [2.05, 4.69) is 20.7 Å². The van der Waals surface area contributed by atoms with Gasteiger partial charge < -0.3 is 5.11 Å². The van der Waals surface area contributed by atoms with E-state index in [0.717, 1.165) is 11.6 Å². The molecule has 7 heteroatoms. The Balaban J connectivity index is 2.41. The predicted octanol–water partition coefficient (Wildman–Crippen LogP) is 3.26. The van der Waals surface area contributed by atoms with Crippen LogP contribution in [0.25, 0.3) is 0 Å². The van der Waals surface area contributed by atoms with Gasteiger partial charge in [-0.05, 0) is 58.7 Å². The Morgan fingerprint density at radius 1 is 1.19 bits per heavy atom. The minimum atomic E-state index is -3.85. The molecule has 2 rings (SSSR count). The van der Waals surface area contributed by atoms with Crippen molar-refractivity contribution in [1.82, 2.24) is 0 Å². The van der Waals surface area contributed by atoms with Gasteiger partial charge in [0.05, 0.1) is 16.1 Å². The van der Waals surface area contributed by atoms with E-state index in [1.54, 1.807) is 12.1 Å². The maximum Gasteiger partial charge on any atom is 0.335 e. The van der Waals surface area contributed by atoms with Crippen LogP contribution < -0.4 is 4.72 Å². The Kier molecular flexibility index (Phi) is 4.34. The van der Waals surface area contributed by atoms with Gasteiger partial charge in [0.25, 0.3) is 10.0 Å². The third-order valence-electron chi connectivity index (χ3n) is 2.76. The van der Waals surface area contributed by atoms with Gasteiger partial charge in [-0.15, -0.1) is 0 Å². The highest BCUT2D eigenvalue weighted by atomic mass is 79.9. The van der Waals surface area contributed by atoms with Crippen LogP contribution in [0.1, 0.15) is 15.9 Å². The summed E-state index contributed by atoms with van der Waals surface area (Å²) in [6.07, 6.45) is 0. The Bertz CT molecular complexity index is 802. The molecular weight excluding hydrogens is 358 g/mol. The van der Waals surface area contributed by atoms with E-state index in [0.29, 0.717) is 10.2 Å². The van der Waals surface area contributed by atoms with Crippen LogP contribution in [-0.4, -0.2) is 19.5 Å². The van der Waals surface area contributed by atoms with Crippen molar-refractivity contribution >= 4 is 37.6 Å². The summed E-state index contributed by atoms with van der Waals surface area (Å²) in [4.78, 5) is 10.8. The zero-order valence-corrected chi connectivity index (χ0v) is 13.4. The van der Waals surface area contributed by atoms with Crippen LogP contribution >= 0.6 is 15.9 Å². The minimum absolute atomic E-state index is 0.0822. The second-order valence-corrected chi connectivity index (χ2v) is 6.96. The number of rotatable bonds is 4. The van der Waals surface area contributed by atoms with Crippen LogP contribution in [0.5, 0.6) is 0 Å². The van der Waals surface area contributed by atoms with Gasteiger partial charge in [-0.1, -0.05) is 12.1 Å². The summed E-state index contributed by atoms with van der Waals surface area (Å²) in [6.45, 7) is 1.84. The molecule has 0 aliphatic heterocycles. The van der Waals surface area contributed by atoms with E-state index in [9.17, 15) is 13.2 Å².